The summed E-state index contributed by atoms with van der Waals surface area (Å²) in [5.74, 6) is -0.922. The zero-order valence-electron chi connectivity index (χ0n) is 5.80. The second-order valence-electron chi connectivity index (χ2n) is 2.01. The van der Waals surface area contributed by atoms with E-state index in [0.29, 0.717) is 4.96 Å². The molecule has 2 heterocycles. The van der Waals surface area contributed by atoms with Crippen LogP contribution in [0.15, 0.2) is 17.8 Å². The van der Waals surface area contributed by atoms with Crippen LogP contribution >= 0.6 is 23.7 Å². The summed E-state index contributed by atoms with van der Waals surface area (Å²) in [7, 11) is 0. The van der Waals surface area contributed by atoms with E-state index in [9.17, 15) is 4.79 Å². The Kier molecular flexibility index (Phi) is 2.35. The minimum atomic E-state index is -0.922. The molecule has 64 valence electrons. The van der Waals surface area contributed by atoms with Crippen LogP contribution in [0.5, 0.6) is 0 Å². The van der Waals surface area contributed by atoms with Crippen molar-refractivity contribution in [3.63, 3.8) is 0 Å². The van der Waals surface area contributed by atoms with Gasteiger partial charge in [0.2, 0.25) is 0 Å². The van der Waals surface area contributed by atoms with Crippen molar-refractivity contribution in [2.75, 3.05) is 0 Å². The molecule has 0 unspecified atom stereocenters. The molecule has 0 saturated heterocycles. The highest BCUT2D eigenvalue weighted by molar-refractivity contribution is 7.15. The number of imidazole rings is 1. The predicted octanol–water partition coefficient (Wildman–Crippen LogP) is 1.52. The van der Waals surface area contributed by atoms with Crippen LogP contribution in [0.1, 0.15) is 10.5 Å². The van der Waals surface area contributed by atoms with Gasteiger partial charge in [-0.2, -0.15) is 0 Å². The fourth-order valence-electron chi connectivity index (χ4n) is 0.879. The Morgan fingerprint density at radius 1 is 1.67 bits per heavy atom. The number of rotatable bonds is 1. The van der Waals surface area contributed by atoms with Crippen LogP contribution in [0.3, 0.4) is 0 Å². The minimum absolute atomic E-state index is 0. The third-order valence-corrected chi connectivity index (χ3v) is 2.22. The fraction of sp³-hybridized carbons (Fsp3) is 0. The molecule has 12 heavy (non-hydrogen) atoms. The molecule has 0 amide bonds. The normalized spacial score (nSPS) is 9.67. The van der Waals surface area contributed by atoms with E-state index in [2.05, 4.69) is 4.98 Å². The van der Waals surface area contributed by atoms with Crippen molar-refractivity contribution in [1.82, 2.24) is 9.38 Å². The smallest absolute Gasteiger partial charge is 0.353 e. The summed E-state index contributed by atoms with van der Waals surface area (Å²) >= 11 is 1.32. The Morgan fingerprint density at radius 2 is 2.42 bits per heavy atom. The van der Waals surface area contributed by atoms with E-state index in [1.165, 1.54) is 11.3 Å². The number of hydrogen-bond donors (Lipinski definition) is 1. The molecule has 0 aromatic carbocycles. The molecule has 0 atom stereocenters. The van der Waals surface area contributed by atoms with Crippen LogP contribution in [0.4, 0.5) is 0 Å². The standard InChI is InChI=1S/C6H4N2O2S.ClH/c9-5(10)4-3-11-6-7-1-2-8(4)6;/h1-3H,(H,9,10);1H. The molecule has 6 heteroatoms. The molecule has 0 aliphatic rings. The average Bonchev–Trinajstić information content (AvgIpc) is 2.41. The maximum Gasteiger partial charge on any atom is 0.353 e. The second-order valence-corrected chi connectivity index (χ2v) is 2.84. The highest BCUT2D eigenvalue weighted by Crippen LogP contribution is 2.13. The molecule has 0 bridgehead atoms. The van der Waals surface area contributed by atoms with Gasteiger partial charge in [0.1, 0.15) is 5.69 Å². The van der Waals surface area contributed by atoms with Gasteiger partial charge < -0.3 is 5.11 Å². The molecule has 1 N–H and O–H groups in total. The van der Waals surface area contributed by atoms with Crippen molar-refractivity contribution in [3.05, 3.63) is 23.5 Å². The highest BCUT2D eigenvalue weighted by atomic mass is 35.5. The lowest BCUT2D eigenvalue weighted by molar-refractivity contribution is 0.0689. The number of halogens is 1. The van der Waals surface area contributed by atoms with E-state index < -0.39 is 5.97 Å². The van der Waals surface area contributed by atoms with Gasteiger partial charge in [0, 0.05) is 17.8 Å². The van der Waals surface area contributed by atoms with E-state index in [1.807, 2.05) is 0 Å². The van der Waals surface area contributed by atoms with Crippen LogP contribution in [0.2, 0.25) is 0 Å². The number of carboxylic acids is 1. The average molecular weight is 205 g/mol. The predicted molar refractivity (Wildman–Crippen MR) is 47.3 cm³/mol. The van der Waals surface area contributed by atoms with Gasteiger partial charge in [-0.05, 0) is 0 Å². The fourth-order valence-corrected chi connectivity index (χ4v) is 1.70. The van der Waals surface area contributed by atoms with Gasteiger partial charge in [-0.3, -0.25) is 4.40 Å². The molecule has 0 spiro atoms. The maximum absolute atomic E-state index is 10.5. The van der Waals surface area contributed by atoms with Gasteiger partial charge in [-0.15, -0.1) is 23.7 Å². The Labute approximate surface area is 77.9 Å². The molecule has 0 aliphatic heterocycles. The highest BCUT2D eigenvalue weighted by Gasteiger charge is 2.09. The Bertz CT molecular complexity index is 408. The van der Waals surface area contributed by atoms with Crippen LogP contribution in [0, 0.1) is 0 Å². The summed E-state index contributed by atoms with van der Waals surface area (Å²) in [5, 5.41) is 10.2. The first kappa shape index (κ1) is 9.02. The molecular formula is C6H5ClN2O2S. The van der Waals surface area contributed by atoms with Crippen molar-refractivity contribution < 1.29 is 9.90 Å². The van der Waals surface area contributed by atoms with Crippen LogP contribution in [0.25, 0.3) is 4.96 Å². The third-order valence-electron chi connectivity index (χ3n) is 1.36. The molecule has 4 nitrogen and oxygen atoms in total. The molecule has 2 aromatic heterocycles. The van der Waals surface area contributed by atoms with Crippen molar-refractivity contribution in [3.8, 4) is 0 Å². The molecule has 0 radical (unpaired) electrons. The lowest BCUT2D eigenvalue weighted by Crippen LogP contribution is -1.99. The number of carboxylic acid groups (broad SMARTS) is 1. The largest absolute Gasteiger partial charge is 0.477 e. The summed E-state index contributed by atoms with van der Waals surface area (Å²) in [6, 6.07) is 0. The summed E-state index contributed by atoms with van der Waals surface area (Å²) in [4.78, 5) is 15.2. The van der Waals surface area contributed by atoms with Gasteiger partial charge >= 0.3 is 5.97 Å². The zero-order valence-corrected chi connectivity index (χ0v) is 7.43. The van der Waals surface area contributed by atoms with E-state index in [0.717, 1.165) is 0 Å². The number of fused-ring (bicyclic) bond motifs is 1. The summed E-state index contributed by atoms with van der Waals surface area (Å²) < 4.78 is 1.55. The van der Waals surface area contributed by atoms with E-state index >= 15 is 0 Å². The quantitative estimate of drug-likeness (QED) is 0.766. The van der Waals surface area contributed by atoms with E-state index in [-0.39, 0.29) is 18.1 Å². The van der Waals surface area contributed by atoms with Crippen molar-refractivity contribution in [2.24, 2.45) is 0 Å². The number of hydrogen-bond acceptors (Lipinski definition) is 3. The monoisotopic (exact) mass is 204 g/mol. The Balaban J connectivity index is 0.000000720. The first-order valence-electron chi connectivity index (χ1n) is 2.93. The Hall–Kier alpha value is -1.07. The van der Waals surface area contributed by atoms with Gasteiger partial charge in [0.15, 0.2) is 4.96 Å². The zero-order chi connectivity index (χ0) is 7.84. The summed E-state index contributed by atoms with van der Waals surface area (Å²) in [6.45, 7) is 0. The number of nitrogens with zero attached hydrogens (tertiary/aromatic N) is 2. The third kappa shape index (κ3) is 1.17. The topological polar surface area (TPSA) is 54.6 Å². The molecule has 0 fully saturated rings. The number of aromatic carboxylic acids is 1. The lowest BCUT2D eigenvalue weighted by atomic mass is 10.5. The summed E-state index contributed by atoms with van der Waals surface area (Å²) in [5.41, 5.74) is 0.266. The molecule has 2 rings (SSSR count). The van der Waals surface area contributed by atoms with Crippen LogP contribution in [-0.4, -0.2) is 20.5 Å². The maximum atomic E-state index is 10.5. The molecule has 0 aliphatic carbocycles. The van der Waals surface area contributed by atoms with E-state index in [4.69, 9.17) is 5.11 Å². The summed E-state index contributed by atoms with van der Waals surface area (Å²) in [6.07, 6.45) is 3.22. The number of thiazole rings is 1. The molecule has 0 saturated carbocycles. The first-order chi connectivity index (χ1) is 5.29. The second kappa shape index (κ2) is 3.12. The van der Waals surface area contributed by atoms with Gasteiger partial charge in [-0.25, -0.2) is 9.78 Å². The lowest BCUT2D eigenvalue weighted by Gasteiger charge is -1.87. The van der Waals surface area contributed by atoms with Crippen molar-refractivity contribution >= 4 is 34.7 Å². The first-order valence-corrected chi connectivity index (χ1v) is 3.81. The Morgan fingerprint density at radius 3 is 3.08 bits per heavy atom. The van der Waals surface area contributed by atoms with Crippen molar-refractivity contribution in [2.45, 2.75) is 0 Å². The molecular weight excluding hydrogens is 200 g/mol. The van der Waals surface area contributed by atoms with E-state index in [1.54, 1.807) is 22.2 Å². The number of carbonyl (C=O) groups is 1. The van der Waals surface area contributed by atoms with Crippen molar-refractivity contribution in [1.29, 1.82) is 0 Å². The van der Waals surface area contributed by atoms with Crippen LogP contribution < -0.4 is 0 Å². The van der Waals surface area contributed by atoms with Crippen LogP contribution in [-0.2, 0) is 0 Å². The minimum Gasteiger partial charge on any atom is -0.477 e. The number of aromatic nitrogens is 2. The van der Waals surface area contributed by atoms with Gasteiger partial charge in [-0.1, -0.05) is 0 Å². The SMILES string of the molecule is Cl.O=C(O)c1csc2nccn12. The molecule has 2 aromatic rings. The van der Waals surface area contributed by atoms with Gasteiger partial charge in [0.05, 0.1) is 0 Å². The van der Waals surface area contributed by atoms with Gasteiger partial charge in [0.25, 0.3) is 0 Å².